The van der Waals surface area contributed by atoms with Crippen molar-refractivity contribution >= 4 is 41.4 Å². The average molecular weight is 611 g/mol. The maximum atomic E-state index is 15.2. The van der Waals surface area contributed by atoms with Gasteiger partial charge >= 0.3 is 24.2 Å². The van der Waals surface area contributed by atoms with Gasteiger partial charge in [0.2, 0.25) is 5.91 Å². The lowest BCUT2D eigenvalue weighted by atomic mass is 9.98. The van der Waals surface area contributed by atoms with Crippen LogP contribution in [0.5, 0.6) is 0 Å². The summed E-state index contributed by atoms with van der Waals surface area (Å²) in [4.78, 5) is 51.7. The van der Waals surface area contributed by atoms with Crippen LogP contribution in [0.2, 0.25) is 5.02 Å². The minimum atomic E-state index is -5.45. The van der Waals surface area contributed by atoms with Gasteiger partial charge < -0.3 is 25.4 Å². The van der Waals surface area contributed by atoms with Gasteiger partial charge in [-0.15, -0.1) is 0 Å². The summed E-state index contributed by atoms with van der Waals surface area (Å²) in [6.45, 7) is -0.573. The second-order valence-corrected chi connectivity index (χ2v) is 8.79. The van der Waals surface area contributed by atoms with E-state index in [1.807, 2.05) is 0 Å². The number of alkyl halides is 3. The number of amides is 2. The lowest BCUT2D eigenvalue weighted by molar-refractivity contribution is -0.202. The molecule has 0 aliphatic carbocycles. The molecule has 2 aromatic carbocycles. The molecule has 222 valence electrons. The number of alkyl carbamates (subject to hydrolysis) is 1. The van der Waals surface area contributed by atoms with Gasteiger partial charge in [0, 0.05) is 11.8 Å². The number of aromatic nitrogens is 1. The highest BCUT2D eigenvalue weighted by Gasteiger charge is 2.42. The zero-order chi connectivity index (χ0) is 30.7. The minimum Gasteiger partial charge on any atom is -0.448 e. The number of anilines is 1. The van der Waals surface area contributed by atoms with Crippen molar-refractivity contribution in [3.05, 3.63) is 83.3 Å². The summed E-state index contributed by atoms with van der Waals surface area (Å²) in [6.07, 6.45) is -5.89. The molecule has 1 heterocycles. The first kappa shape index (κ1) is 31.8. The third kappa shape index (κ3) is 9.44. The molecule has 0 saturated heterocycles. The van der Waals surface area contributed by atoms with Gasteiger partial charge in [-0.3, -0.25) is 9.59 Å². The second-order valence-electron chi connectivity index (χ2n) is 8.41. The zero-order valence-corrected chi connectivity index (χ0v) is 22.3. The summed E-state index contributed by atoms with van der Waals surface area (Å²) >= 11 is 6.21. The summed E-state index contributed by atoms with van der Waals surface area (Å²) in [5, 5.41) is 6.79. The van der Waals surface area contributed by atoms with Crippen molar-refractivity contribution in [2.24, 2.45) is 0 Å². The van der Waals surface area contributed by atoms with E-state index in [9.17, 15) is 32.3 Å². The molecule has 1 atom stereocenters. The number of halogens is 5. The van der Waals surface area contributed by atoms with E-state index in [4.69, 9.17) is 16.3 Å². The normalized spacial score (nSPS) is 11.6. The number of esters is 2. The molecule has 0 radical (unpaired) electrons. The van der Waals surface area contributed by atoms with E-state index < -0.39 is 60.0 Å². The van der Waals surface area contributed by atoms with E-state index in [2.05, 4.69) is 25.7 Å². The van der Waals surface area contributed by atoms with Gasteiger partial charge in [0.1, 0.15) is 24.8 Å². The Morgan fingerprint density at radius 2 is 1.69 bits per heavy atom. The Hall–Kier alpha value is -4.72. The minimum absolute atomic E-state index is 0.0752. The largest absolute Gasteiger partial charge is 0.491 e. The third-order valence-corrected chi connectivity index (χ3v) is 5.80. The fourth-order valence-corrected chi connectivity index (χ4v) is 3.82. The Morgan fingerprint density at radius 3 is 2.36 bits per heavy atom. The quantitative estimate of drug-likeness (QED) is 0.124. The molecule has 0 aliphatic rings. The predicted octanol–water partition coefficient (Wildman–Crippen LogP) is 4.56. The second kappa shape index (κ2) is 14.8. The van der Waals surface area contributed by atoms with Crippen molar-refractivity contribution in [3.63, 3.8) is 0 Å². The van der Waals surface area contributed by atoms with E-state index >= 15 is 4.39 Å². The highest BCUT2D eigenvalue weighted by atomic mass is 35.5. The van der Waals surface area contributed by atoms with Crippen molar-refractivity contribution in [1.82, 2.24) is 15.6 Å². The molecule has 15 heteroatoms. The van der Waals surface area contributed by atoms with Crippen LogP contribution in [0, 0.1) is 5.82 Å². The molecule has 0 aliphatic heterocycles. The molecule has 1 unspecified atom stereocenters. The maximum absolute atomic E-state index is 15.2. The van der Waals surface area contributed by atoms with Crippen LogP contribution >= 0.6 is 11.6 Å². The molecule has 42 heavy (non-hydrogen) atoms. The van der Waals surface area contributed by atoms with Crippen LogP contribution in [0.3, 0.4) is 0 Å². The topological polar surface area (TPSA) is 136 Å². The van der Waals surface area contributed by atoms with Crippen LogP contribution in [0.15, 0.2) is 66.9 Å². The highest BCUT2D eigenvalue weighted by Crippen LogP contribution is 2.34. The highest BCUT2D eigenvalue weighted by molar-refractivity contribution is 6.32. The maximum Gasteiger partial charge on any atom is 0.491 e. The number of nitrogens with one attached hydrogen (secondary N) is 3. The van der Waals surface area contributed by atoms with Gasteiger partial charge in [-0.2, -0.15) is 13.2 Å². The first-order valence-electron chi connectivity index (χ1n) is 12.2. The van der Waals surface area contributed by atoms with E-state index in [0.717, 1.165) is 0 Å². The molecule has 2 amide bonds. The lowest BCUT2D eigenvalue weighted by Crippen LogP contribution is -2.40. The standard InChI is InChI=1S/C27H23ClF4N4O6/c28-23-18(10-9-17(24(23)29)16-6-2-1-3-7-16)19(14-22(38)42-25(39)27(30,31)32)36-21(37)15-35-26(40)41-13-12-34-20-8-4-5-11-33-20/h1-11,19H,12-15H2,(H,33,34)(H,35,40)(H,36,37). The molecule has 0 bridgehead atoms. The number of benzene rings is 2. The van der Waals surface area contributed by atoms with Crippen molar-refractivity contribution in [3.8, 4) is 11.1 Å². The van der Waals surface area contributed by atoms with Crippen LogP contribution < -0.4 is 16.0 Å². The smallest absolute Gasteiger partial charge is 0.448 e. The molecule has 10 nitrogen and oxygen atoms in total. The first-order valence-corrected chi connectivity index (χ1v) is 12.5. The third-order valence-electron chi connectivity index (χ3n) is 5.42. The number of hydrogen-bond donors (Lipinski definition) is 3. The fraction of sp³-hybridized carbons (Fsp3) is 0.222. The SMILES string of the molecule is O=C(CNC(=O)OCCNc1ccccn1)NC(CC(=O)OC(=O)C(F)(F)F)c1ccc(-c2ccccc2)c(F)c1Cl. The molecular formula is C27H23ClF4N4O6. The lowest BCUT2D eigenvalue weighted by Gasteiger charge is -2.21. The number of carbonyl (C=O) groups is 4. The van der Waals surface area contributed by atoms with E-state index in [1.54, 1.807) is 54.7 Å². The van der Waals surface area contributed by atoms with E-state index in [0.29, 0.717) is 11.4 Å². The molecule has 0 saturated carbocycles. The fourth-order valence-electron chi connectivity index (χ4n) is 3.52. The van der Waals surface area contributed by atoms with Crippen molar-refractivity contribution in [2.45, 2.75) is 18.6 Å². The van der Waals surface area contributed by atoms with E-state index in [-0.39, 0.29) is 24.3 Å². The zero-order valence-electron chi connectivity index (χ0n) is 21.5. The Morgan fingerprint density at radius 1 is 0.976 bits per heavy atom. The number of pyridine rings is 1. The number of ether oxygens (including phenoxy) is 2. The summed E-state index contributed by atoms with van der Waals surface area (Å²) < 4.78 is 61.6. The van der Waals surface area contributed by atoms with Gasteiger partial charge in [-0.05, 0) is 23.3 Å². The van der Waals surface area contributed by atoms with Gasteiger partial charge in [0.25, 0.3) is 0 Å². The number of hydrogen-bond acceptors (Lipinski definition) is 8. The van der Waals surface area contributed by atoms with E-state index in [1.165, 1.54) is 12.1 Å². The molecule has 3 rings (SSSR count). The summed E-state index contributed by atoms with van der Waals surface area (Å²) in [5.41, 5.74) is 0.338. The Balaban J connectivity index is 1.66. The van der Waals surface area contributed by atoms with Crippen LogP contribution in [0.25, 0.3) is 11.1 Å². The van der Waals surface area contributed by atoms with Crippen LogP contribution in [0.4, 0.5) is 28.2 Å². The first-order chi connectivity index (χ1) is 20.0. The van der Waals surface area contributed by atoms with Crippen LogP contribution in [-0.2, 0) is 23.9 Å². The van der Waals surface area contributed by atoms with Gasteiger partial charge in [-0.25, -0.2) is 19.0 Å². The van der Waals surface area contributed by atoms with Gasteiger partial charge in [0.05, 0.1) is 24.0 Å². The molecule has 3 N–H and O–H groups in total. The monoisotopic (exact) mass is 610 g/mol. The average Bonchev–Trinajstić information content (AvgIpc) is 2.96. The number of rotatable bonds is 11. The summed E-state index contributed by atoms with van der Waals surface area (Å²) in [7, 11) is 0. The Labute approximate surface area is 241 Å². The molecule has 1 aromatic heterocycles. The molecule has 3 aromatic rings. The van der Waals surface area contributed by atoms with Gasteiger partial charge in [0.15, 0.2) is 0 Å². The summed E-state index contributed by atoms with van der Waals surface area (Å²) in [6, 6.07) is 14.4. The molecular weight excluding hydrogens is 588 g/mol. The van der Waals surface area contributed by atoms with Crippen molar-refractivity contribution in [2.75, 3.05) is 25.0 Å². The van der Waals surface area contributed by atoms with Crippen LogP contribution in [0.1, 0.15) is 18.0 Å². The van der Waals surface area contributed by atoms with Crippen molar-refractivity contribution < 1.29 is 46.2 Å². The van der Waals surface area contributed by atoms with Crippen molar-refractivity contribution in [1.29, 1.82) is 0 Å². The predicted molar refractivity (Wildman–Crippen MR) is 142 cm³/mol. The van der Waals surface area contributed by atoms with Crippen LogP contribution in [-0.4, -0.2) is 54.8 Å². The number of carbonyl (C=O) groups excluding carboxylic acids is 4. The number of nitrogens with zero attached hydrogens (tertiary/aromatic N) is 1. The Bertz CT molecular complexity index is 1410. The van der Waals surface area contributed by atoms with Gasteiger partial charge in [-0.1, -0.05) is 60.1 Å². The summed E-state index contributed by atoms with van der Waals surface area (Å²) in [5.74, 6) is -5.76. The Kier molecular flexibility index (Phi) is 11.2. The molecule has 0 spiro atoms. The molecule has 0 fully saturated rings.